The highest BCUT2D eigenvalue weighted by Crippen LogP contribution is 2.26. The number of nitrogens with zero attached hydrogens (tertiary/aromatic N) is 5. The van der Waals surface area contributed by atoms with E-state index >= 15 is 0 Å². The second kappa shape index (κ2) is 6.74. The maximum Gasteiger partial charge on any atom is 0.231 e. The lowest BCUT2D eigenvalue weighted by Gasteiger charge is -2.06. The second-order valence-corrected chi connectivity index (χ2v) is 5.66. The van der Waals surface area contributed by atoms with Crippen molar-refractivity contribution >= 4 is 22.8 Å². The lowest BCUT2D eigenvalue weighted by atomic mass is 10.2. The van der Waals surface area contributed by atoms with Crippen molar-refractivity contribution in [2.24, 2.45) is 12.0 Å². The van der Waals surface area contributed by atoms with Crippen LogP contribution in [-0.4, -0.2) is 32.8 Å². The summed E-state index contributed by atoms with van der Waals surface area (Å²) in [5.41, 5.74) is 3.54. The fraction of sp³-hybridized carbons (Fsp3) is 0.158. The molecule has 1 aliphatic heterocycles. The fourth-order valence-corrected chi connectivity index (χ4v) is 2.65. The zero-order chi connectivity index (χ0) is 17.9. The van der Waals surface area contributed by atoms with Crippen molar-refractivity contribution in [3.05, 3.63) is 60.5 Å². The van der Waals surface area contributed by atoms with Crippen LogP contribution in [0.25, 0.3) is 16.6 Å². The van der Waals surface area contributed by atoms with Gasteiger partial charge in [-0.05, 0) is 12.1 Å². The Labute approximate surface area is 150 Å². The van der Waals surface area contributed by atoms with E-state index in [1.165, 1.54) is 0 Å². The Hall–Kier alpha value is -3.57. The van der Waals surface area contributed by atoms with E-state index in [-0.39, 0.29) is 0 Å². The average Bonchev–Trinajstić information content (AvgIpc) is 3.03. The van der Waals surface area contributed by atoms with E-state index in [9.17, 15) is 0 Å². The minimum absolute atomic E-state index is 0.325. The van der Waals surface area contributed by atoms with E-state index in [4.69, 9.17) is 9.47 Å². The quantitative estimate of drug-likeness (QED) is 0.664. The molecule has 0 radical (unpaired) electrons. The van der Waals surface area contributed by atoms with Gasteiger partial charge in [-0.3, -0.25) is 4.98 Å². The molecule has 7 nitrogen and oxygen atoms in total. The number of aryl methyl sites for hydroxylation is 1. The monoisotopic (exact) mass is 346 g/mol. The number of allylic oxidation sites excluding steroid dienone is 3. The number of hydrogen-bond acceptors (Lipinski definition) is 6. The maximum absolute atomic E-state index is 5.84. The lowest BCUT2D eigenvalue weighted by Crippen LogP contribution is -2.00. The number of fused-ring (bicyclic) bond motifs is 1. The summed E-state index contributed by atoms with van der Waals surface area (Å²) in [7, 11) is 3.53. The van der Waals surface area contributed by atoms with Gasteiger partial charge in [-0.15, -0.1) is 0 Å². The molecule has 1 aliphatic rings. The first-order valence-electron chi connectivity index (χ1n) is 8.01. The first-order chi connectivity index (χ1) is 12.7. The summed E-state index contributed by atoms with van der Waals surface area (Å²) in [6.45, 7) is 0.325. The Bertz CT molecular complexity index is 1030. The van der Waals surface area contributed by atoms with E-state index in [0.29, 0.717) is 12.5 Å². The van der Waals surface area contributed by atoms with Gasteiger partial charge in [0.15, 0.2) is 18.2 Å². The van der Waals surface area contributed by atoms with Crippen molar-refractivity contribution < 1.29 is 9.47 Å². The van der Waals surface area contributed by atoms with Gasteiger partial charge in [0.05, 0.1) is 42.3 Å². The Morgan fingerprint density at radius 2 is 2.12 bits per heavy atom. The second-order valence-electron chi connectivity index (χ2n) is 5.66. The Kier molecular flexibility index (Phi) is 4.13. The predicted molar refractivity (Wildman–Crippen MR) is 98.2 cm³/mol. The molecule has 0 amide bonds. The molecule has 0 aliphatic carbocycles. The van der Waals surface area contributed by atoms with Crippen molar-refractivity contribution in [2.75, 3.05) is 7.11 Å². The molecule has 128 valence electrons. The van der Waals surface area contributed by atoms with E-state index < -0.39 is 0 Å². The molecule has 0 unspecified atom stereocenters. The van der Waals surface area contributed by atoms with Crippen LogP contribution in [0.2, 0.25) is 0 Å². The number of benzene rings is 1. The molecule has 7 heteroatoms. The van der Waals surface area contributed by atoms with E-state index in [1.54, 1.807) is 31.8 Å². The van der Waals surface area contributed by atoms with Crippen LogP contribution >= 0.6 is 0 Å². The predicted octanol–water partition coefficient (Wildman–Crippen LogP) is 2.81. The van der Waals surface area contributed by atoms with Crippen LogP contribution < -0.4 is 9.47 Å². The normalized spacial score (nSPS) is 12.8. The maximum atomic E-state index is 5.84. The van der Waals surface area contributed by atoms with Gasteiger partial charge in [0.25, 0.3) is 0 Å². The van der Waals surface area contributed by atoms with Gasteiger partial charge in [0.1, 0.15) is 24.0 Å². The van der Waals surface area contributed by atoms with Crippen LogP contribution in [0.15, 0.2) is 53.9 Å². The molecule has 2 aromatic heterocycles. The van der Waals surface area contributed by atoms with Crippen molar-refractivity contribution in [2.45, 2.75) is 6.61 Å². The molecular weight excluding hydrogens is 330 g/mol. The molecule has 0 spiro atoms. The Morgan fingerprint density at radius 3 is 2.85 bits per heavy atom. The largest absolute Gasteiger partial charge is 0.487 e. The first-order valence-corrected chi connectivity index (χ1v) is 8.01. The van der Waals surface area contributed by atoms with Gasteiger partial charge < -0.3 is 14.0 Å². The summed E-state index contributed by atoms with van der Waals surface area (Å²) < 4.78 is 12.9. The summed E-state index contributed by atoms with van der Waals surface area (Å²) in [4.78, 5) is 17.1. The number of ether oxygens (including phenoxy) is 2. The molecular formula is C19H16N5O2+. The Balaban J connectivity index is 1.57. The molecule has 0 saturated heterocycles. The zero-order valence-electron chi connectivity index (χ0n) is 14.4. The van der Waals surface area contributed by atoms with Crippen molar-refractivity contribution in [1.29, 1.82) is 0 Å². The highest BCUT2D eigenvalue weighted by atomic mass is 16.5. The number of imidazole rings is 1. The number of aromatic nitrogens is 4. The van der Waals surface area contributed by atoms with E-state index in [2.05, 4.69) is 26.2 Å². The summed E-state index contributed by atoms with van der Waals surface area (Å²) in [5.74, 6) is 2.06. The fourth-order valence-electron chi connectivity index (χ4n) is 2.65. The van der Waals surface area contributed by atoms with Crippen LogP contribution in [0.3, 0.4) is 0 Å². The minimum atomic E-state index is 0.325. The number of aliphatic imine (C=N–C) groups is 1. The van der Waals surface area contributed by atoms with Crippen molar-refractivity contribution in [3.63, 3.8) is 0 Å². The van der Waals surface area contributed by atoms with Crippen molar-refractivity contribution in [1.82, 2.24) is 19.5 Å². The molecule has 4 rings (SSSR count). The highest BCUT2D eigenvalue weighted by molar-refractivity contribution is 5.87. The molecule has 0 fully saturated rings. The third kappa shape index (κ3) is 3.03. The molecule has 3 heterocycles. The molecule has 3 aromatic rings. The van der Waals surface area contributed by atoms with Crippen LogP contribution in [0.1, 0.15) is 11.5 Å². The standard InChI is InChI=1S/C19H16N5O2/c1-24-17-8-15(26-12-14-10-22-18(25-2)11-21-14)5-6-16(17)23-19(24)13-4-3-7-20-9-13/h3-6,8-11H,12H2,1-2H3/q+1. The smallest absolute Gasteiger partial charge is 0.231 e. The number of hydrogen-bond donors (Lipinski definition) is 0. The summed E-state index contributed by atoms with van der Waals surface area (Å²) in [5, 5.41) is 0. The molecule has 26 heavy (non-hydrogen) atoms. The lowest BCUT2D eigenvalue weighted by molar-refractivity contribution is 0.300. The topological polar surface area (TPSA) is 74.4 Å². The van der Waals surface area contributed by atoms with Gasteiger partial charge in [0, 0.05) is 13.1 Å². The van der Waals surface area contributed by atoms with Gasteiger partial charge >= 0.3 is 0 Å². The average molecular weight is 346 g/mol. The highest BCUT2D eigenvalue weighted by Gasteiger charge is 2.16. The van der Waals surface area contributed by atoms with Gasteiger partial charge in [-0.25, -0.2) is 9.97 Å². The minimum Gasteiger partial charge on any atom is -0.487 e. The first kappa shape index (κ1) is 15.9. The van der Waals surface area contributed by atoms with Gasteiger partial charge in [-0.2, -0.15) is 0 Å². The molecule has 0 N–H and O–H groups in total. The summed E-state index contributed by atoms with van der Waals surface area (Å²) >= 11 is 0. The Morgan fingerprint density at radius 1 is 1.19 bits per heavy atom. The van der Waals surface area contributed by atoms with Crippen LogP contribution in [0.4, 0.5) is 0 Å². The zero-order valence-corrected chi connectivity index (χ0v) is 14.4. The third-order valence-electron chi connectivity index (χ3n) is 4.00. The van der Waals surface area contributed by atoms with E-state index in [0.717, 1.165) is 33.9 Å². The molecule has 0 atom stereocenters. The molecule has 1 aromatic carbocycles. The van der Waals surface area contributed by atoms with Crippen molar-refractivity contribution in [3.8, 4) is 11.6 Å². The summed E-state index contributed by atoms with van der Waals surface area (Å²) in [6.07, 6.45) is 11.5. The summed E-state index contributed by atoms with van der Waals surface area (Å²) in [6, 6.07) is 5.80. The van der Waals surface area contributed by atoms with Gasteiger partial charge in [0.2, 0.25) is 5.88 Å². The van der Waals surface area contributed by atoms with Crippen LogP contribution in [0.5, 0.6) is 11.6 Å². The molecule has 0 bridgehead atoms. The van der Waals surface area contributed by atoms with Crippen LogP contribution in [-0.2, 0) is 13.7 Å². The SMILES string of the molecule is COc1cnc(COc2ccc3nc(C4=CN=[C+]C=C4)n(C)c3c2)cn1. The van der Waals surface area contributed by atoms with Crippen LogP contribution in [0, 0.1) is 0 Å². The molecule has 0 saturated carbocycles. The number of methoxy groups -OCH3 is 1. The third-order valence-corrected chi connectivity index (χ3v) is 4.00. The number of rotatable bonds is 5. The van der Waals surface area contributed by atoms with E-state index in [1.807, 2.05) is 35.9 Å². The van der Waals surface area contributed by atoms with Gasteiger partial charge in [-0.1, -0.05) is 4.99 Å².